The Labute approximate surface area is 117 Å². The lowest BCUT2D eigenvalue weighted by molar-refractivity contribution is -0.137. The highest BCUT2D eigenvalue weighted by atomic mass is 35.5. The van der Waals surface area contributed by atoms with Gasteiger partial charge in [0.05, 0.1) is 10.7 Å². The summed E-state index contributed by atoms with van der Waals surface area (Å²) in [6, 6.07) is 4.72. The Hall–Kier alpha value is -1.75. The molecular weight excluding hydrogens is 268 g/mol. The van der Waals surface area contributed by atoms with Gasteiger partial charge in [0.1, 0.15) is 0 Å². The molecule has 1 unspecified atom stereocenters. The van der Waals surface area contributed by atoms with Crippen LogP contribution in [0.25, 0.3) is 0 Å². The van der Waals surface area contributed by atoms with Crippen molar-refractivity contribution in [1.82, 2.24) is 5.32 Å². The average Bonchev–Trinajstić information content (AvgIpc) is 2.31. The molecule has 0 fully saturated rings. The van der Waals surface area contributed by atoms with Gasteiger partial charge in [-0.1, -0.05) is 23.7 Å². The number of hydrogen-bond acceptors (Lipinski definition) is 2. The van der Waals surface area contributed by atoms with Gasteiger partial charge in [0.2, 0.25) is 0 Å². The summed E-state index contributed by atoms with van der Waals surface area (Å²) in [6.07, 6.45) is 0.400. The Morgan fingerprint density at radius 1 is 1.42 bits per heavy atom. The van der Waals surface area contributed by atoms with Crippen molar-refractivity contribution in [1.29, 1.82) is 0 Å². The van der Waals surface area contributed by atoms with Gasteiger partial charge < -0.3 is 15.7 Å². The van der Waals surface area contributed by atoms with Crippen molar-refractivity contribution in [3.05, 3.63) is 28.8 Å². The second kappa shape index (κ2) is 6.99. The van der Waals surface area contributed by atoms with Gasteiger partial charge in [0.25, 0.3) is 0 Å². The van der Waals surface area contributed by atoms with Crippen LogP contribution in [0.3, 0.4) is 0 Å². The van der Waals surface area contributed by atoms with Crippen LogP contribution in [-0.4, -0.2) is 23.1 Å². The first-order chi connectivity index (χ1) is 8.90. The van der Waals surface area contributed by atoms with Crippen molar-refractivity contribution in [2.24, 2.45) is 0 Å². The number of benzene rings is 1. The molecule has 0 heterocycles. The third-order valence-electron chi connectivity index (χ3n) is 2.63. The molecule has 1 aromatic rings. The average molecular weight is 285 g/mol. The largest absolute Gasteiger partial charge is 0.481 e. The summed E-state index contributed by atoms with van der Waals surface area (Å²) in [5.74, 6) is -0.879. The third-order valence-corrected chi connectivity index (χ3v) is 2.94. The minimum atomic E-state index is -0.879. The Morgan fingerprint density at radius 2 is 2.11 bits per heavy atom. The smallest absolute Gasteiger partial charge is 0.319 e. The molecule has 0 aromatic heterocycles. The molecule has 2 amide bonds. The fourth-order valence-corrected chi connectivity index (χ4v) is 1.84. The quantitative estimate of drug-likeness (QED) is 0.777. The first-order valence-electron chi connectivity index (χ1n) is 5.94. The van der Waals surface area contributed by atoms with Crippen molar-refractivity contribution in [3.8, 4) is 0 Å². The van der Waals surface area contributed by atoms with Crippen LogP contribution in [0.4, 0.5) is 10.5 Å². The minimum Gasteiger partial charge on any atom is -0.481 e. The highest BCUT2D eigenvalue weighted by Gasteiger charge is 2.11. The predicted octanol–water partition coefficient (Wildman–Crippen LogP) is 3.02. The number of hydrogen-bond donors (Lipinski definition) is 3. The lowest BCUT2D eigenvalue weighted by atomic mass is 10.2. The molecule has 0 aliphatic rings. The number of para-hydroxylation sites is 1. The van der Waals surface area contributed by atoms with E-state index in [9.17, 15) is 9.59 Å². The summed E-state index contributed by atoms with van der Waals surface area (Å²) >= 11 is 5.99. The van der Waals surface area contributed by atoms with Crippen LogP contribution >= 0.6 is 11.6 Å². The van der Waals surface area contributed by atoms with Gasteiger partial charge in [0.15, 0.2) is 0 Å². The standard InChI is InChI=1S/C13H17ClN2O3/c1-8-4-3-5-10(14)12(8)16-13(19)15-9(2)6-7-11(17)18/h3-5,9H,6-7H2,1-2H3,(H,17,18)(H2,15,16,19). The number of aliphatic carboxylic acids is 1. The van der Waals surface area contributed by atoms with Crippen molar-refractivity contribution in [2.45, 2.75) is 32.7 Å². The maximum absolute atomic E-state index is 11.7. The monoisotopic (exact) mass is 284 g/mol. The molecule has 0 aliphatic heterocycles. The number of carbonyl (C=O) groups excluding carboxylic acids is 1. The SMILES string of the molecule is Cc1cccc(Cl)c1NC(=O)NC(C)CCC(=O)O. The zero-order valence-corrected chi connectivity index (χ0v) is 11.6. The maximum atomic E-state index is 11.7. The Balaban J connectivity index is 2.53. The molecule has 0 radical (unpaired) electrons. The zero-order valence-electron chi connectivity index (χ0n) is 10.9. The van der Waals surface area contributed by atoms with E-state index in [0.29, 0.717) is 17.1 Å². The van der Waals surface area contributed by atoms with E-state index in [-0.39, 0.29) is 12.5 Å². The maximum Gasteiger partial charge on any atom is 0.319 e. The number of aryl methyl sites for hydroxylation is 1. The molecule has 104 valence electrons. The van der Waals surface area contributed by atoms with E-state index in [1.54, 1.807) is 19.1 Å². The molecule has 1 atom stereocenters. The Bertz CT molecular complexity index is 457. The summed E-state index contributed by atoms with van der Waals surface area (Å²) < 4.78 is 0. The predicted molar refractivity (Wildman–Crippen MR) is 74.7 cm³/mol. The van der Waals surface area contributed by atoms with Crippen LogP contribution in [-0.2, 0) is 4.79 Å². The highest BCUT2D eigenvalue weighted by Crippen LogP contribution is 2.24. The van der Waals surface area contributed by atoms with Crippen LogP contribution in [0.15, 0.2) is 18.2 Å². The number of anilines is 1. The van der Waals surface area contributed by atoms with Crippen molar-refractivity contribution in [2.75, 3.05) is 5.32 Å². The van der Waals surface area contributed by atoms with Crippen molar-refractivity contribution in [3.63, 3.8) is 0 Å². The summed E-state index contributed by atoms with van der Waals surface area (Å²) in [5.41, 5.74) is 1.42. The molecule has 0 bridgehead atoms. The van der Waals surface area contributed by atoms with Crippen LogP contribution in [0, 0.1) is 6.92 Å². The number of urea groups is 1. The summed E-state index contributed by atoms with van der Waals surface area (Å²) in [6.45, 7) is 3.59. The normalized spacial score (nSPS) is 11.7. The molecule has 5 nitrogen and oxygen atoms in total. The summed E-state index contributed by atoms with van der Waals surface area (Å²) in [7, 11) is 0. The number of carbonyl (C=O) groups is 2. The summed E-state index contributed by atoms with van der Waals surface area (Å²) in [4.78, 5) is 22.2. The highest BCUT2D eigenvalue weighted by molar-refractivity contribution is 6.33. The number of rotatable bonds is 5. The number of carboxylic acids is 1. The van der Waals surface area contributed by atoms with E-state index < -0.39 is 12.0 Å². The van der Waals surface area contributed by atoms with Gasteiger partial charge in [-0.2, -0.15) is 0 Å². The Morgan fingerprint density at radius 3 is 2.68 bits per heavy atom. The van der Waals surface area contributed by atoms with Gasteiger partial charge >= 0.3 is 12.0 Å². The number of nitrogens with one attached hydrogen (secondary N) is 2. The first kappa shape index (κ1) is 15.3. The van der Waals surface area contributed by atoms with Crippen LogP contribution < -0.4 is 10.6 Å². The molecule has 0 saturated carbocycles. The molecule has 1 rings (SSSR count). The molecule has 0 aliphatic carbocycles. The number of carboxylic acid groups (broad SMARTS) is 1. The van der Waals surface area contributed by atoms with Gasteiger partial charge in [-0.05, 0) is 31.9 Å². The molecule has 3 N–H and O–H groups in total. The third kappa shape index (κ3) is 5.18. The van der Waals surface area contributed by atoms with Crippen LogP contribution in [0.2, 0.25) is 5.02 Å². The van der Waals surface area contributed by atoms with E-state index in [1.807, 2.05) is 13.0 Å². The number of amides is 2. The minimum absolute atomic E-state index is 0.0204. The molecular formula is C13H17ClN2O3. The summed E-state index contributed by atoms with van der Waals surface area (Å²) in [5, 5.41) is 14.4. The zero-order chi connectivity index (χ0) is 14.4. The second-order valence-electron chi connectivity index (χ2n) is 4.36. The van der Waals surface area contributed by atoms with E-state index in [4.69, 9.17) is 16.7 Å². The van der Waals surface area contributed by atoms with E-state index in [0.717, 1.165) is 5.56 Å². The van der Waals surface area contributed by atoms with Crippen molar-refractivity contribution >= 4 is 29.3 Å². The van der Waals surface area contributed by atoms with Crippen LogP contribution in [0.5, 0.6) is 0 Å². The molecule has 19 heavy (non-hydrogen) atoms. The van der Waals surface area contributed by atoms with Crippen LogP contribution in [0.1, 0.15) is 25.3 Å². The second-order valence-corrected chi connectivity index (χ2v) is 4.77. The lowest BCUT2D eigenvalue weighted by Gasteiger charge is -2.15. The number of halogens is 1. The topological polar surface area (TPSA) is 78.4 Å². The Kier molecular flexibility index (Phi) is 5.63. The first-order valence-corrected chi connectivity index (χ1v) is 6.32. The fourth-order valence-electron chi connectivity index (χ4n) is 1.58. The van der Waals surface area contributed by atoms with Gasteiger partial charge in [0, 0.05) is 12.5 Å². The van der Waals surface area contributed by atoms with Gasteiger partial charge in [-0.25, -0.2) is 4.79 Å². The van der Waals surface area contributed by atoms with Crippen molar-refractivity contribution < 1.29 is 14.7 Å². The van der Waals surface area contributed by atoms with E-state index >= 15 is 0 Å². The molecule has 0 spiro atoms. The molecule has 0 saturated heterocycles. The lowest BCUT2D eigenvalue weighted by Crippen LogP contribution is -2.36. The van der Waals surface area contributed by atoms with E-state index in [1.165, 1.54) is 0 Å². The van der Waals surface area contributed by atoms with Gasteiger partial charge in [-0.3, -0.25) is 4.79 Å². The van der Waals surface area contributed by atoms with Gasteiger partial charge in [-0.15, -0.1) is 0 Å². The van der Waals surface area contributed by atoms with E-state index in [2.05, 4.69) is 10.6 Å². The fraction of sp³-hybridized carbons (Fsp3) is 0.385. The molecule has 1 aromatic carbocycles. The molecule has 6 heteroatoms.